The van der Waals surface area contributed by atoms with Gasteiger partial charge in [0.2, 0.25) is 5.95 Å². The molecule has 0 amide bonds. The summed E-state index contributed by atoms with van der Waals surface area (Å²) in [7, 11) is 0. The van der Waals surface area contributed by atoms with Gasteiger partial charge >= 0.3 is 0 Å². The third-order valence-corrected chi connectivity index (χ3v) is 2.58. The summed E-state index contributed by atoms with van der Waals surface area (Å²) in [5.74, 6) is 0.345. The summed E-state index contributed by atoms with van der Waals surface area (Å²) in [5.41, 5.74) is 3.13. The van der Waals surface area contributed by atoms with E-state index in [4.69, 9.17) is 0 Å². The molecule has 0 saturated carbocycles. The maximum Gasteiger partial charge on any atom is 0.252 e. The molecule has 2 rings (SSSR count). The second-order valence-corrected chi connectivity index (χ2v) is 4.10. The van der Waals surface area contributed by atoms with Crippen molar-refractivity contribution in [3.05, 3.63) is 44.5 Å². The van der Waals surface area contributed by atoms with Gasteiger partial charge in [-0.3, -0.25) is 9.78 Å². The molecule has 0 aliphatic rings. The molecule has 6 heteroatoms. The summed E-state index contributed by atoms with van der Waals surface area (Å²) in [6, 6.07) is 5.31. The molecule has 0 radical (unpaired) electrons. The Morgan fingerprint density at radius 1 is 1.62 bits per heavy atom. The van der Waals surface area contributed by atoms with Crippen LogP contribution in [0, 0.1) is 6.92 Å². The Labute approximate surface area is 95.9 Å². The minimum Gasteiger partial charge on any atom is -0.291 e. The number of hydrazone groups is 1. The molecule has 2 N–H and O–H groups in total. The largest absolute Gasteiger partial charge is 0.291 e. The summed E-state index contributed by atoms with van der Waals surface area (Å²) >= 11 is 1.58. The molecule has 0 aliphatic heterocycles. The van der Waals surface area contributed by atoms with Gasteiger partial charge in [0, 0.05) is 16.6 Å². The zero-order valence-electron chi connectivity index (χ0n) is 8.60. The van der Waals surface area contributed by atoms with Crippen molar-refractivity contribution in [2.75, 3.05) is 5.43 Å². The number of H-pyrrole nitrogens is 1. The first-order chi connectivity index (χ1) is 7.74. The number of nitrogens with zero attached hydrogens (tertiary/aromatic N) is 2. The van der Waals surface area contributed by atoms with Crippen LogP contribution in [0.15, 0.2) is 33.5 Å². The lowest BCUT2D eigenvalue weighted by molar-refractivity contribution is 1.04. The highest BCUT2D eigenvalue weighted by molar-refractivity contribution is 7.11. The fraction of sp³-hybridized carbons (Fsp3) is 0.100. The maximum atomic E-state index is 11.1. The molecule has 0 saturated heterocycles. The Balaban J connectivity index is 2.07. The summed E-state index contributed by atoms with van der Waals surface area (Å²) < 4.78 is 0. The van der Waals surface area contributed by atoms with Crippen molar-refractivity contribution in [2.24, 2.45) is 5.10 Å². The quantitative estimate of drug-likeness (QED) is 0.625. The van der Waals surface area contributed by atoms with Gasteiger partial charge in [0.15, 0.2) is 0 Å². The normalized spacial score (nSPS) is 10.8. The lowest BCUT2D eigenvalue weighted by Gasteiger charge is -1.98. The van der Waals surface area contributed by atoms with Crippen molar-refractivity contribution in [3.63, 3.8) is 0 Å². The van der Waals surface area contributed by atoms with Crippen LogP contribution < -0.4 is 11.0 Å². The number of hydrogen-bond acceptors (Lipinski definition) is 5. The molecule has 82 valence electrons. The van der Waals surface area contributed by atoms with Gasteiger partial charge in [-0.05, 0) is 18.4 Å². The topological polar surface area (TPSA) is 70.1 Å². The molecule has 0 fully saturated rings. The van der Waals surface area contributed by atoms with E-state index in [-0.39, 0.29) is 5.56 Å². The molecule has 0 bridgehead atoms. The van der Waals surface area contributed by atoms with E-state index in [1.165, 1.54) is 6.07 Å². The minimum absolute atomic E-state index is 0.193. The summed E-state index contributed by atoms with van der Waals surface area (Å²) in [6.07, 6.45) is 1.67. The third-order valence-electron chi connectivity index (χ3n) is 1.78. The zero-order chi connectivity index (χ0) is 11.4. The van der Waals surface area contributed by atoms with Gasteiger partial charge < -0.3 is 0 Å². The highest BCUT2D eigenvalue weighted by Gasteiger charge is 1.95. The number of aromatic amines is 1. The fourth-order valence-electron chi connectivity index (χ4n) is 1.15. The SMILES string of the molecule is Cc1cc(=O)[nH]c(N/N=C/c2cccs2)n1. The molecular weight excluding hydrogens is 224 g/mol. The predicted octanol–water partition coefficient (Wildman–Crippen LogP) is 1.59. The minimum atomic E-state index is -0.193. The Hall–Kier alpha value is -1.95. The fourth-order valence-corrected chi connectivity index (χ4v) is 1.74. The van der Waals surface area contributed by atoms with Gasteiger partial charge in [0.25, 0.3) is 5.56 Å². The van der Waals surface area contributed by atoms with Crippen LogP contribution in [0.25, 0.3) is 0 Å². The summed E-state index contributed by atoms with van der Waals surface area (Å²) in [6.45, 7) is 1.75. The van der Waals surface area contributed by atoms with E-state index in [1.807, 2.05) is 17.5 Å². The smallest absolute Gasteiger partial charge is 0.252 e. The van der Waals surface area contributed by atoms with Crippen LogP contribution in [0.1, 0.15) is 10.6 Å². The van der Waals surface area contributed by atoms with E-state index in [2.05, 4.69) is 20.5 Å². The Morgan fingerprint density at radius 2 is 2.50 bits per heavy atom. The van der Waals surface area contributed by atoms with Crippen molar-refractivity contribution in [1.82, 2.24) is 9.97 Å². The van der Waals surface area contributed by atoms with Crippen molar-refractivity contribution in [2.45, 2.75) is 6.92 Å². The van der Waals surface area contributed by atoms with E-state index in [9.17, 15) is 4.79 Å². The van der Waals surface area contributed by atoms with Gasteiger partial charge in [0.05, 0.1) is 6.21 Å². The molecule has 0 unspecified atom stereocenters. The maximum absolute atomic E-state index is 11.1. The van der Waals surface area contributed by atoms with E-state index in [1.54, 1.807) is 24.5 Å². The number of rotatable bonds is 3. The number of thiophene rings is 1. The van der Waals surface area contributed by atoms with Gasteiger partial charge in [-0.1, -0.05) is 6.07 Å². The Bertz CT molecular complexity index is 544. The van der Waals surface area contributed by atoms with Crippen molar-refractivity contribution in [3.8, 4) is 0 Å². The average Bonchev–Trinajstić information content (AvgIpc) is 2.69. The van der Waals surface area contributed by atoms with E-state index in [0.29, 0.717) is 11.6 Å². The first-order valence-corrected chi connectivity index (χ1v) is 5.52. The standard InChI is InChI=1S/C10H10N4OS/c1-7-5-9(15)13-10(12-7)14-11-6-8-3-2-4-16-8/h2-6H,1H3,(H2,12,13,14,15)/b11-6+. The van der Waals surface area contributed by atoms with Gasteiger partial charge in [-0.15, -0.1) is 11.3 Å². The van der Waals surface area contributed by atoms with Crippen LogP contribution >= 0.6 is 11.3 Å². The van der Waals surface area contributed by atoms with Crippen LogP contribution in [-0.2, 0) is 0 Å². The van der Waals surface area contributed by atoms with Gasteiger partial charge in [-0.2, -0.15) is 5.10 Å². The van der Waals surface area contributed by atoms with Crippen molar-refractivity contribution >= 4 is 23.5 Å². The number of nitrogens with one attached hydrogen (secondary N) is 2. The summed E-state index contributed by atoms with van der Waals surface area (Å²) in [4.78, 5) is 18.8. The number of aromatic nitrogens is 2. The molecule has 0 atom stereocenters. The lowest BCUT2D eigenvalue weighted by atomic mass is 10.4. The zero-order valence-corrected chi connectivity index (χ0v) is 9.41. The first kappa shape index (κ1) is 10.6. The van der Waals surface area contributed by atoms with Crippen LogP contribution in [-0.4, -0.2) is 16.2 Å². The predicted molar refractivity (Wildman–Crippen MR) is 65.1 cm³/mol. The van der Waals surface area contributed by atoms with Crippen LogP contribution in [0.2, 0.25) is 0 Å². The Kier molecular flexibility index (Phi) is 3.11. The average molecular weight is 234 g/mol. The monoisotopic (exact) mass is 234 g/mol. The van der Waals surface area contributed by atoms with Crippen LogP contribution in [0.5, 0.6) is 0 Å². The lowest BCUT2D eigenvalue weighted by Crippen LogP contribution is -2.10. The molecule has 0 spiro atoms. The van der Waals surface area contributed by atoms with Crippen molar-refractivity contribution in [1.29, 1.82) is 0 Å². The molecule has 2 aromatic rings. The molecule has 0 aliphatic carbocycles. The molecule has 5 nitrogen and oxygen atoms in total. The number of anilines is 1. The number of aryl methyl sites for hydroxylation is 1. The molecule has 2 aromatic heterocycles. The summed E-state index contributed by atoms with van der Waals surface area (Å²) in [5, 5.41) is 5.94. The van der Waals surface area contributed by atoms with Gasteiger partial charge in [-0.25, -0.2) is 10.4 Å². The molecular formula is C10H10N4OS. The van der Waals surface area contributed by atoms with Gasteiger partial charge in [0.1, 0.15) is 0 Å². The van der Waals surface area contributed by atoms with E-state index < -0.39 is 0 Å². The highest BCUT2D eigenvalue weighted by Crippen LogP contribution is 2.04. The highest BCUT2D eigenvalue weighted by atomic mass is 32.1. The first-order valence-electron chi connectivity index (χ1n) is 4.64. The Morgan fingerprint density at radius 3 is 3.19 bits per heavy atom. The van der Waals surface area contributed by atoms with E-state index >= 15 is 0 Å². The van der Waals surface area contributed by atoms with Crippen LogP contribution in [0.3, 0.4) is 0 Å². The second kappa shape index (κ2) is 4.71. The number of hydrogen-bond donors (Lipinski definition) is 2. The van der Waals surface area contributed by atoms with Crippen LogP contribution in [0.4, 0.5) is 5.95 Å². The molecule has 0 aromatic carbocycles. The third kappa shape index (κ3) is 2.77. The van der Waals surface area contributed by atoms with E-state index in [0.717, 1.165) is 4.88 Å². The molecule has 2 heterocycles. The second-order valence-electron chi connectivity index (χ2n) is 3.12. The molecule has 16 heavy (non-hydrogen) atoms. The van der Waals surface area contributed by atoms with Crippen molar-refractivity contribution < 1.29 is 0 Å².